The lowest BCUT2D eigenvalue weighted by Crippen LogP contribution is -2.48. The van der Waals surface area contributed by atoms with Crippen molar-refractivity contribution < 1.29 is 13.9 Å². The molecule has 1 fully saturated rings. The van der Waals surface area contributed by atoms with E-state index in [1.807, 2.05) is 34.6 Å². The first-order chi connectivity index (χ1) is 10.1. The lowest BCUT2D eigenvalue weighted by molar-refractivity contribution is 0.0130. The highest BCUT2D eigenvalue weighted by molar-refractivity contribution is 8.17. The lowest BCUT2D eigenvalue weighted by Gasteiger charge is -2.36. The van der Waals surface area contributed by atoms with Gasteiger partial charge in [-0.25, -0.2) is 9.18 Å². The van der Waals surface area contributed by atoms with Crippen LogP contribution in [0.1, 0.15) is 47.5 Å². The summed E-state index contributed by atoms with van der Waals surface area (Å²) in [5.74, 6) is 0. The van der Waals surface area contributed by atoms with Gasteiger partial charge in [-0.2, -0.15) is 0 Å². The Hall–Kier alpha value is -1.04. The molecule has 0 aromatic rings. The molecule has 6 heteroatoms. The van der Waals surface area contributed by atoms with Crippen molar-refractivity contribution in [3.05, 3.63) is 10.5 Å². The van der Waals surface area contributed by atoms with E-state index in [2.05, 4.69) is 4.99 Å². The zero-order chi connectivity index (χ0) is 16.5. The molecule has 2 heterocycles. The van der Waals surface area contributed by atoms with Crippen LogP contribution in [0.15, 0.2) is 15.5 Å². The first-order valence-electron chi connectivity index (χ1n) is 7.67. The van der Waals surface area contributed by atoms with Gasteiger partial charge < -0.3 is 9.64 Å². The average molecular weight is 328 g/mol. The average Bonchev–Trinajstić information content (AvgIpc) is 2.87. The van der Waals surface area contributed by atoms with Crippen LogP contribution < -0.4 is 0 Å². The number of amides is 1. The zero-order valence-electron chi connectivity index (χ0n) is 14.0. The first kappa shape index (κ1) is 17.3. The number of alkyl halides is 1. The molecule has 2 aliphatic heterocycles. The zero-order valence-corrected chi connectivity index (χ0v) is 14.8. The number of hydrogen-bond acceptors (Lipinski definition) is 4. The molecule has 0 aromatic carbocycles. The van der Waals surface area contributed by atoms with Crippen LogP contribution >= 0.6 is 11.8 Å². The van der Waals surface area contributed by atoms with Gasteiger partial charge in [-0.15, -0.1) is 0 Å². The summed E-state index contributed by atoms with van der Waals surface area (Å²) < 4.78 is 20.5. The summed E-state index contributed by atoms with van der Waals surface area (Å²) >= 11 is 1.46. The van der Waals surface area contributed by atoms with Crippen LogP contribution in [0.3, 0.4) is 0 Å². The Bertz CT molecular complexity index is 511. The number of allylic oxidation sites excluding steroid dienone is 1. The van der Waals surface area contributed by atoms with Gasteiger partial charge in [-0.05, 0) is 34.6 Å². The number of hydrogen-bond donors (Lipinski definition) is 0. The SMILES string of the molecule is CC(C)=C1CN=C(C2(F)CCN(C(=O)OC(C)(C)C)CC2)S1. The van der Waals surface area contributed by atoms with Crippen molar-refractivity contribution in [1.29, 1.82) is 0 Å². The maximum absolute atomic E-state index is 15.1. The highest BCUT2D eigenvalue weighted by Crippen LogP contribution is 2.40. The second kappa shape index (κ2) is 6.22. The fourth-order valence-electron chi connectivity index (χ4n) is 2.40. The predicted octanol–water partition coefficient (Wildman–Crippen LogP) is 4.16. The van der Waals surface area contributed by atoms with E-state index in [1.165, 1.54) is 17.3 Å². The molecule has 2 rings (SSSR count). The van der Waals surface area contributed by atoms with E-state index in [0.29, 0.717) is 24.7 Å². The number of halogens is 1. The van der Waals surface area contributed by atoms with Crippen molar-refractivity contribution in [2.45, 2.75) is 58.7 Å². The smallest absolute Gasteiger partial charge is 0.410 e. The number of piperidine rings is 1. The minimum Gasteiger partial charge on any atom is -0.444 e. The van der Waals surface area contributed by atoms with E-state index in [1.54, 1.807) is 4.90 Å². The van der Waals surface area contributed by atoms with Crippen LogP contribution in [0.5, 0.6) is 0 Å². The fraction of sp³-hybridized carbons (Fsp3) is 0.750. The number of ether oxygens (including phenoxy) is 1. The van der Waals surface area contributed by atoms with Crippen LogP contribution in [0, 0.1) is 0 Å². The maximum Gasteiger partial charge on any atom is 0.410 e. The topological polar surface area (TPSA) is 41.9 Å². The van der Waals surface area contributed by atoms with Crippen LogP contribution in [0.25, 0.3) is 0 Å². The predicted molar refractivity (Wildman–Crippen MR) is 89.1 cm³/mol. The molecule has 1 amide bonds. The van der Waals surface area contributed by atoms with Gasteiger partial charge in [0.2, 0.25) is 0 Å². The molecule has 0 saturated carbocycles. The van der Waals surface area contributed by atoms with Crippen LogP contribution in [0.4, 0.5) is 9.18 Å². The molecule has 0 bridgehead atoms. The molecular weight excluding hydrogens is 303 g/mol. The van der Waals surface area contributed by atoms with Gasteiger partial charge in [-0.3, -0.25) is 4.99 Å². The molecule has 0 atom stereocenters. The Morgan fingerprint density at radius 2 is 1.91 bits per heavy atom. The summed E-state index contributed by atoms with van der Waals surface area (Å²) in [7, 11) is 0. The number of rotatable bonds is 1. The van der Waals surface area contributed by atoms with E-state index < -0.39 is 11.3 Å². The fourth-order valence-corrected chi connectivity index (χ4v) is 3.48. The number of carbonyl (C=O) groups is 1. The van der Waals surface area contributed by atoms with E-state index >= 15 is 4.39 Å². The molecule has 0 radical (unpaired) electrons. The van der Waals surface area contributed by atoms with Crippen LogP contribution in [-0.2, 0) is 4.74 Å². The molecule has 0 aliphatic carbocycles. The Labute approximate surface area is 136 Å². The molecule has 0 aromatic heterocycles. The Kier molecular flexibility index (Phi) is 4.90. The molecule has 22 heavy (non-hydrogen) atoms. The highest BCUT2D eigenvalue weighted by Gasteiger charge is 2.43. The minimum absolute atomic E-state index is 0.286. The summed E-state index contributed by atoms with van der Waals surface area (Å²) in [4.78, 5) is 19.1. The number of nitrogens with zero attached hydrogens (tertiary/aromatic N) is 2. The summed E-state index contributed by atoms with van der Waals surface area (Å²) in [5, 5.41) is 0.576. The van der Waals surface area contributed by atoms with E-state index in [9.17, 15) is 4.79 Å². The van der Waals surface area contributed by atoms with Gasteiger partial charge in [0.1, 0.15) is 10.6 Å². The summed E-state index contributed by atoms with van der Waals surface area (Å²) in [6.07, 6.45) is 0.211. The largest absolute Gasteiger partial charge is 0.444 e. The quantitative estimate of drug-likeness (QED) is 0.725. The number of thioether (sulfide) groups is 1. The van der Waals surface area contributed by atoms with Crippen molar-refractivity contribution >= 4 is 22.9 Å². The molecule has 0 unspecified atom stereocenters. The summed E-state index contributed by atoms with van der Waals surface area (Å²) in [5.41, 5.74) is -0.732. The monoisotopic (exact) mass is 328 g/mol. The highest BCUT2D eigenvalue weighted by atomic mass is 32.2. The lowest BCUT2D eigenvalue weighted by atomic mass is 9.94. The minimum atomic E-state index is -1.40. The molecule has 2 aliphatic rings. The number of likely N-dealkylation sites (tertiary alicyclic amines) is 1. The third-order valence-electron chi connectivity index (χ3n) is 3.73. The first-order valence-corrected chi connectivity index (χ1v) is 8.48. The standard InChI is InChI=1S/C16H25FN2O2S/c1-11(2)12-10-18-13(22-12)16(17)6-8-19(9-7-16)14(20)21-15(3,4)5/h6-10H2,1-5H3. The van der Waals surface area contributed by atoms with E-state index in [-0.39, 0.29) is 18.9 Å². The van der Waals surface area contributed by atoms with E-state index in [4.69, 9.17) is 4.74 Å². The van der Waals surface area contributed by atoms with Crippen LogP contribution in [-0.4, -0.2) is 46.9 Å². The normalized spacial score (nSPS) is 21.6. The molecular formula is C16H25FN2O2S. The Morgan fingerprint density at radius 3 is 2.36 bits per heavy atom. The molecule has 0 N–H and O–H groups in total. The molecule has 124 valence electrons. The van der Waals surface area contributed by atoms with E-state index in [0.717, 1.165) is 4.91 Å². The summed E-state index contributed by atoms with van der Waals surface area (Å²) in [6, 6.07) is 0. The molecule has 4 nitrogen and oxygen atoms in total. The molecule has 1 saturated heterocycles. The van der Waals surface area contributed by atoms with Gasteiger partial charge >= 0.3 is 6.09 Å². The second-order valence-electron chi connectivity index (χ2n) is 7.08. The van der Waals surface area contributed by atoms with Crippen LogP contribution in [0.2, 0.25) is 0 Å². The number of aliphatic imine (C=N–C) groups is 1. The van der Waals surface area contributed by atoms with Gasteiger partial charge in [0.05, 0.1) is 6.54 Å². The van der Waals surface area contributed by atoms with Gasteiger partial charge in [-0.1, -0.05) is 17.3 Å². The van der Waals surface area contributed by atoms with Gasteiger partial charge in [0, 0.05) is 30.8 Å². The van der Waals surface area contributed by atoms with Gasteiger partial charge in [0.15, 0.2) is 5.67 Å². The summed E-state index contributed by atoms with van der Waals surface area (Å²) in [6.45, 7) is 10.9. The third-order valence-corrected chi connectivity index (χ3v) is 5.21. The van der Waals surface area contributed by atoms with Crippen molar-refractivity contribution in [3.63, 3.8) is 0 Å². The third kappa shape index (κ3) is 4.03. The Morgan fingerprint density at radius 1 is 1.32 bits per heavy atom. The Balaban J connectivity index is 1.94. The van der Waals surface area contributed by atoms with Gasteiger partial charge in [0.25, 0.3) is 0 Å². The van der Waals surface area contributed by atoms with Crippen molar-refractivity contribution in [2.75, 3.05) is 19.6 Å². The van der Waals surface area contributed by atoms with Crippen molar-refractivity contribution in [3.8, 4) is 0 Å². The maximum atomic E-state index is 15.1. The number of carbonyl (C=O) groups excluding carboxylic acids is 1. The second-order valence-corrected chi connectivity index (χ2v) is 8.16. The van der Waals surface area contributed by atoms with Crippen molar-refractivity contribution in [1.82, 2.24) is 4.90 Å². The van der Waals surface area contributed by atoms with Crippen molar-refractivity contribution in [2.24, 2.45) is 4.99 Å². The molecule has 0 spiro atoms.